The van der Waals surface area contributed by atoms with E-state index in [1.54, 1.807) is 30.3 Å². The summed E-state index contributed by atoms with van der Waals surface area (Å²) in [6.07, 6.45) is 12.1. The Balaban J connectivity index is 1.19. The fraction of sp³-hybridized carbons (Fsp3) is 0.636. The van der Waals surface area contributed by atoms with Crippen molar-refractivity contribution in [3.63, 3.8) is 0 Å². The Morgan fingerprint density at radius 2 is 1.86 bits per heavy atom. The van der Waals surface area contributed by atoms with Gasteiger partial charge in [0, 0.05) is 38.3 Å². The molecule has 43 heavy (non-hydrogen) atoms. The summed E-state index contributed by atoms with van der Waals surface area (Å²) in [6, 6.07) is 5.77. The second-order valence-electron chi connectivity index (χ2n) is 13.8. The second kappa shape index (κ2) is 11.9. The lowest BCUT2D eigenvalue weighted by Crippen LogP contribution is -2.43. The zero-order valence-corrected chi connectivity index (χ0v) is 26.2. The average molecular weight is 590 g/mol. The zero-order chi connectivity index (χ0) is 30.2. The van der Waals surface area contributed by atoms with E-state index in [9.17, 15) is 9.59 Å². The van der Waals surface area contributed by atoms with Gasteiger partial charge >= 0.3 is 0 Å². The van der Waals surface area contributed by atoms with Gasteiger partial charge in [0.1, 0.15) is 11.4 Å². The number of nitrogens with zero attached hydrogens (tertiary/aromatic N) is 5. The number of rotatable bonds is 9. The molecule has 3 heterocycles. The molecule has 1 spiro atoms. The maximum Gasteiger partial charge on any atom is 0.251 e. The summed E-state index contributed by atoms with van der Waals surface area (Å²) < 4.78 is 5.69. The monoisotopic (exact) mass is 589 g/mol. The number of nitrogens with one attached hydrogen (secondary N) is 2. The first-order valence-electron chi connectivity index (χ1n) is 16.1. The van der Waals surface area contributed by atoms with E-state index < -0.39 is 0 Å². The van der Waals surface area contributed by atoms with E-state index in [2.05, 4.69) is 39.3 Å². The molecule has 232 valence electrons. The van der Waals surface area contributed by atoms with Gasteiger partial charge < -0.3 is 30.1 Å². The smallest absolute Gasteiger partial charge is 0.251 e. The Morgan fingerprint density at radius 1 is 1.12 bits per heavy atom. The Bertz CT molecular complexity index is 1350. The average Bonchev–Trinajstić information content (AvgIpc) is 3.65. The SMILES string of the molecule is COc1cc(C(=O)NCC(C)(C)CN2CCCC2)ccc1Nc1ncc2c(n1)N(C1CCCCC1)CC1(CC1)C(=O)N2C. The highest BCUT2D eigenvalue weighted by Gasteiger charge is 2.55. The quantitative estimate of drug-likeness (QED) is 0.423. The lowest BCUT2D eigenvalue weighted by Gasteiger charge is -2.36. The molecule has 0 unspecified atom stereocenters. The number of benzene rings is 1. The van der Waals surface area contributed by atoms with Crippen molar-refractivity contribution in [2.75, 3.05) is 62.0 Å². The number of ether oxygens (including phenoxy) is 1. The minimum absolute atomic E-state index is 0.0163. The first kappa shape index (κ1) is 29.7. The molecule has 2 saturated carbocycles. The van der Waals surface area contributed by atoms with E-state index in [4.69, 9.17) is 9.72 Å². The Morgan fingerprint density at radius 3 is 2.56 bits per heavy atom. The summed E-state index contributed by atoms with van der Waals surface area (Å²) in [5.41, 5.74) is 1.66. The van der Waals surface area contributed by atoms with Gasteiger partial charge in [-0.05, 0) is 75.2 Å². The number of likely N-dealkylation sites (tertiary alicyclic amines) is 1. The molecule has 1 aromatic heterocycles. The van der Waals surface area contributed by atoms with Crippen LogP contribution in [0.5, 0.6) is 5.75 Å². The molecule has 4 aliphatic rings. The molecule has 0 bridgehead atoms. The summed E-state index contributed by atoms with van der Waals surface area (Å²) in [4.78, 5) is 42.8. The van der Waals surface area contributed by atoms with Gasteiger partial charge in [-0.25, -0.2) is 4.98 Å². The van der Waals surface area contributed by atoms with E-state index in [0.29, 0.717) is 42.1 Å². The highest BCUT2D eigenvalue weighted by molar-refractivity contribution is 6.03. The fourth-order valence-electron chi connectivity index (χ4n) is 7.11. The van der Waals surface area contributed by atoms with E-state index >= 15 is 0 Å². The van der Waals surface area contributed by atoms with Crippen molar-refractivity contribution in [3.8, 4) is 5.75 Å². The molecule has 0 radical (unpaired) electrons. The molecular weight excluding hydrogens is 542 g/mol. The van der Waals surface area contributed by atoms with Crippen molar-refractivity contribution in [2.45, 2.75) is 77.7 Å². The first-order chi connectivity index (χ1) is 20.7. The van der Waals surface area contributed by atoms with Gasteiger partial charge in [0.25, 0.3) is 5.91 Å². The van der Waals surface area contributed by atoms with Crippen molar-refractivity contribution < 1.29 is 14.3 Å². The summed E-state index contributed by atoms with van der Waals surface area (Å²) in [5, 5.41) is 6.45. The molecule has 1 saturated heterocycles. The molecule has 2 amide bonds. The number of carbonyl (C=O) groups is 2. The third-order valence-corrected chi connectivity index (χ3v) is 9.77. The standard InChI is InChI=1S/C33H47N7O3/c1-32(2,21-39-16-8-9-17-39)20-35-29(41)23-12-13-25(27(18-23)43-4)36-31-34-19-26-28(37-31)40(24-10-6-5-7-11-24)22-33(14-15-33)30(42)38(26)3/h12-13,18-19,24H,5-11,14-17,20-22H2,1-4H3,(H,35,41)(H,34,36,37). The van der Waals surface area contributed by atoms with Crippen LogP contribution in [-0.4, -0.2) is 79.6 Å². The summed E-state index contributed by atoms with van der Waals surface area (Å²) in [7, 11) is 3.45. The molecular formula is C33H47N7O3. The van der Waals surface area contributed by atoms with Gasteiger partial charge in [0.15, 0.2) is 5.82 Å². The number of aromatic nitrogens is 2. The van der Waals surface area contributed by atoms with Crippen molar-refractivity contribution in [1.29, 1.82) is 0 Å². The van der Waals surface area contributed by atoms with Crippen molar-refractivity contribution in [3.05, 3.63) is 30.0 Å². The van der Waals surface area contributed by atoms with Crippen LogP contribution in [-0.2, 0) is 4.79 Å². The highest BCUT2D eigenvalue weighted by atomic mass is 16.5. The van der Waals surface area contributed by atoms with Gasteiger partial charge in [-0.1, -0.05) is 33.1 Å². The van der Waals surface area contributed by atoms with Crippen LogP contribution in [0.2, 0.25) is 0 Å². The molecule has 6 rings (SSSR count). The van der Waals surface area contributed by atoms with Crippen LogP contribution in [0.25, 0.3) is 0 Å². The maximum atomic E-state index is 13.4. The minimum atomic E-state index is -0.302. The number of fused-ring (bicyclic) bond motifs is 1. The summed E-state index contributed by atoms with van der Waals surface area (Å²) in [6.45, 7) is 8.98. The van der Waals surface area contributed by atoms with E-state index in [-0.39, 0.29) is 22.6 Å². The van der Waals surface area contributed by atoms with Crippen molar-refractivity contribution in [2.24, 2.45) is 10.8 Å². The van der Waals surface area contributed by atoms with E-state index in [1.807, 2.05) is 13.1 Å². The summed E-state index contributed by atoms with van der Waals surface area (Å²) >= 11 is 0. The second-order valence-corrected chi connectivity index (χ2v) is 13.8. The first-order valence-corrected chi connectivity index (χ1v) is 16.1. The third kappa shape index (κ3) is 6.30. The van der Waals surface area contributed by atoms with Crippen LogP contribution < -0.4 is 25.2 Å². The topological polar surface area (TPSA) is 103 Å². The molecule has 2 N–H and O–H groups in total. The third-order valence-electron chi connectivity index (χ3n) is 9.77. The normalized spacial score (nSPS) is 20.6. The van der Waals surface area contributed by atoms with Crippen LogP contribution in [0.4, 0.5) is 23.1 Å². The largest absolute Gasteiger partial charge is 0.495 e. The number of hydrogen-bond donors (Lipinski definition) is 2. The molecule has 10 nitrogen and oxygen atoms in total. The lowest BCUT2D eigenvalue weighted by molar-refractivity contribution is -0.123. The predicted molar refractivity (Wildman–Crippen MR) is 169 cm³/mol. The van der Waals surface area contributed by atoms with Crippen LogP contribution >= 0.6 is 0 Å². The van der Waals surface area contributed by atoms with Gasteiger partial charge in [0.2, 0.25) is 11.9 Å². The Hall–Kier alpha value is -3.40. The number of amides is 2. The van der Waals surface area contributed by atoms with Crippen LogP contribution in [0.15, 0.2) is 24.4 Å². The molecule has 2 aliphatic carbocycles. The number of hydrogen-bond acceptors (Lipinski definition) is 8. The molecule has 3 fully saturated rings. The Kier molecular flexibility index (Phi) is 8.24. The van der Waals surface area contributed by atoms with Crippen LogP contribution in [0.3, 0.4) is 0 Å². The molecule has 10 heteroatoms. The van der Waals surface area contributed by atoms with Gasteiger partial charge in [0.05, 0.1) is 24.4 Å². The summed E-state index contributed by atoms with van der Waals surface area (Å²) in [5.74, 6) is 1.84. The fourth-order valence-corrected chi connectivity index (χ4v) is 7.11. The van der Waals surface area contributed by atoms with Crippen molar-refractivity contribution >= 4 is 35.0 Å². The van der Waals surface area contributed by atoms with Gasteiger partial charge in [-0.2, -0.15) is 4.98 Å². The molecule has 2 aliphatic heterocycles. The number of carbonyl (C=O) groups excluding carboxylic acids is 2. The van der Waals surface area contributed by atoms with Crippen LogP contribution in [0.1, 0.15) is 82.0 Å². The maximum absolute atomic E-state index is 13.4. The zero-order valence-electron chi connectivity index (χ0n) is 26.2. The Labute approximate surface area is 255 Å². The molecule has 1 aromatic carbocycles. The minimum Gasteiger partial charge on any atom is -0.495 e. The van der Waals surface area contributed by atoms with Gasteiger partial charge in [-0.3, -0.25) is 9.59 Å². The molecule has 2 aromatic rings. The van der Waals surface area contributed by atoms with E-state index in [0.717, 1.165) is 56.8 Å². The predicted octanol–water partition coefficient (Wildman–Crippen LogP) is 4.98. The molecule has 0 atom stereocenters. The van der Waals surface area contributed by atoms with Crippen molar-refractivity contribution in [1.82, 2.24) is 20.2 Å². The van der Waals surface area contributed by atoms with Gasteiger partial charge in [-0.15, -0.1) is 0 Å². The van der Waals surface area contributed by atoms with E-state index in [1.165, 1.54) is 32.1 Å². The highest BCUT2D eigenvalue weighted by Crippen LogP contribution is 2.52. The number of anilines is 4. The van der Waals surface area contributed by atoms with Crippen LogP contribution in [0, 0.1) is 10.8 Å². The number of methoxy groups -OCH3 is 1. The lowest BCUT2D eigenvalue weighted by atomic mass is 9.92.